The Hall–Kier alpha value is -3.08. The van der Waals surface area contributed by atoms with Crippen molar-refractivity contribution in [3.63, 3.8) is 0 Å². The number of carbonyl (C=O) groups is 2. The van der Waals surface area contributed by atoms with E-state index in [1.165, 1.54) is 5.56 Å². The van der Waals surface area contributed by atoms with Gasteiger partial charge in [-0.25, -0.2) is 4.79 Å². The van der Waals surface area contributed by atoms with Crippen molar-refractivity contribution in [1.29, 1.82) is 0 Å². The van der Waals surface area contributed by atoms with Crippen molar-refractivity contribution in [3.05, 3.63) is 82.6 Å². The number of amides is 3. The van der Waals surface area contributed by atoms with Crippen molar-refractivity contribution in [2.45, 2.75) is 25.8 Å². The van der Waals surface area contributed by atoms with E-state index in [1.54, 1.807) is 0 Å². The standard InChI is InChI=1S/C22H23N3O2/c1-15-9-11-17(12-10-15)20-19-18(23-22(27)24-20)14-25(21(19)26)13-5-8-16-6-3-2-4-7-16/h2-4,6-7,9-12,20H,5,8,13-14H2,1H3,(H2,23,24,27)/t20-/m1/s1. The van der Waals surface area contributed by atoms with E-state index in [0.717, 1.165) is 29.7 Å². The smallest absolute Gasteiger partial charge is 0.319 e. The molecule has 0 aliphatic carbocycles. The van der Waals surface area contributed by atoms with Crippen LogP contribution in [0.15, 0.2) is 65.9 Å². The molecule has 0 bridgehead atoms. The molecule has 2 heterocycles. The largest absolute Gasteiger partial charge is 0.333 e. The van der Waals surface area contributed by atoms with Crippen LogP contribution in [-0.2, 0) is 11.2 Å². The molecular formula is C22H23N3O2. The Bertz CT molecular complexity index is 888. The molecule has 27 heavy (non-hydrogen) atoms. The van der Waals surface area contributed by atoms with Crippen molar-refractivity contribution < 1.29 is 9.59 Å². The van der Waals surface area contributed by atoms with Crippen LogP contribution in [0, 0.1) is 6.92 Å². The van der Waals surface area contributed by atoms with Crippen LogP contribution >= 0.6 is 0 Å². The third-order valence-corrected chi connectivity index (χ3v) is 5.17. The Morgan fingerprint density at radius 1 is 1.04 bits per heavy atom. The average Bonchev–Trinajstić information content (AvgIpc) is 2.98. The van der Waals surface area contributed by atoms with Crippen molar-refractivity contribution in [1.82, 2.24) is 15.5 Å². The molecule has 4 rings (SSSR count). The van der Waals surface area contributed by atoms with Crippen LogP contribution in [0.25, 0.3) is 0 Å². The molecule has 0 radical (unpaired) electrons. The molecule has 2 aromatic carbocycles. The van der Waals surface area contributed by atoms with Gasteiger partial charge in [0.15, 0.2) is 0 Å². The quantitative estimate of drug-likeness (QED) is 0.860. The van der Waals surface area contributed by atoms with Gasteiger partial charge in [-0.2, -0.15) is 0 Å². The molecule has 138 valence electrons. The Morgan fingerprint density at radius 3 is 2.52 bits per heavy atom. The van der Waals surface area contributed by atoms with Gasteiger partial charge in [0.2, 0.25) is 0 Å². The summed E-state index contributed by atoms with van der Waals surface area (Å²) in [7, 11) is 0. The molecule has 2 aliphatic heterocycles. The van der Waals surface area contributed by atoms with Crippen molar-refractivity contribution >= 4 is 11.9 Å². The molecule has 0 saturated carbocycles. The normalized spacial score (nSPS) is 19.0. The lowest BCUT2D eigenvalue weighted by Gasteiger charge is -2.25. The van der Waals surface area contributed by atoms with Gasteiger partial charge in [0, 0.05) is 6.54 Å². The third kappa shape index (κ3) is 3.58. The van der Waals surface area contributed by atoms with Gasteiger partial charge in [-0.1, -0.05) is 60.2 Å². The number of nitrogens with one attached hydrogen (secondary N) is 2. The van der Waals surface area contributed by atoms with E-state index in [1.807, 2.05) is 54.3 Å². The van der Waals surface area contributed by atoms with E-state index in [4.69, 9.17) is 0 Å². The Balaban J connectivity index is 1.47. The van der Waals surface area contributed by atoms with Gasteiger partial charge in [0.25, 0.3) is 5.91 Å². The van der Waals surface area contributed by atoms with E-state index in [9.17, 15) is 9.59 Å². The summed E-state index contributed by atoms with van der Waals surface area (Å²) in [5.74, 6) is 0.0103. The molecule has 2 aliphatic rings. The molecule has 2 N–H and O–H groups in total. The van der Waals surface area contributed by atoms with E-state index < -0.39 is 0 Å². The zero-order chi connectivity index (χ0) is 18.8. The molecule has 1 atom stereocenters. The fourth-order valence-corrected chi connectivity index (χ4v) is 3.74. The Kier molecular flexibility index (Phi) is 4.67. The van der Waals surface area contributed by atoms with Crippen LogP contribution in [-0.4, -0.2) is 29.9 Å². The number of nitrogens with zero attached hydrogens (tertiary/aromatic N) is 1. The second kappa shape index (κ2) is 7.27. The number of urea groups is 1. The number of carbonyl (C=O) groups excluding carboxylic acids is 2. The molecular weight excluding hydrogens is 338 g/mol. The van der Waals surface area contributed by atoms with Crippen LogP contribution in [0.3, 0.4) is 0 Å². The van der Waals surface area contributed by atoms with E-state index >= 15 is 0 Å². The molecule has 5 heteroatoms. The first-order valence-corrected chi connectivity index (χ1v) is 9.32. The molecule has 5 nitrogen and oxygen atoms in total. The number of hydrogen-bond donors (Lipinski definition) is 2. The third-order valence-electron chi connectivity index (χ3n) is 5.17. The van der Waals surface area contributed by atoms with E-state index in [0.29, 0.717) is 18.7 Å². The highest BCUT2D eigenvalue weighted by molar-refractivity contribution is 6.01. The summed E-state index contributed by atoms with van der Waals surface area (Å²) in [5.41, 5.74) is 4.75. The van der Waals surface area contributed by atoms with Crippen LogP contribution in [0.4, 0.5) is 4.79 Å². The molecule has 3 amide bonds. The van der Waals surface area contributed by atoms with Gasteiger partial charge in [0.1, 0.15) is 0 Å². The highest BCUT2D eigenvalue weighted by atomic mass is 16.2. The number of benzene rings is 2. The summed E-state index contributed by atoms with van der Waals surface area (Å²) >= 11 is 0. The van der Waals surface area contributed by atoms with Crippen molar-refractivity contribution in [2.24, 2.45) is 0 Å². The molecule has 0 fully saturated rings. The summed E-state index contributed by atoms with van der Waals surface area (Å²) in [6.07, 6.45) is 1.83. The van der Waals surface area contributed by atoms with Gasteiger partial charge in [-0.15, -0.1) is 0 Å². The first kappa shape index (κ1) is 17.3. The lowest BCUT2D eigenvalue weighted by molar-refractivity contribution is -0.125. The van der Waals surface area contributed by atoms with Crippen LogP contribution in [0.1, 0.15) is 29.2 Å². The number of aryl methyl sites for hydroxylation is 2. The molecule has 2 aromatic rings. The maximum Gasteiger partial charge on any atom is 0.319 e. The Labute approximate surface area is 159 Å². The summed E-state index contributed by atoms with van der Waals surface area (Å²) in [6, 6.07) is 17.6. The number of rotatable bonds is 5. The molecule has 0 spiro atoms. The predicted octanol–water partition coefficient (Wildman–Crippen LogP) is 3.08. The molecule has 0 unspecified atom stereocenters. The highest BCUT2D eigenvalue weighted by Crippen LogP contribution is 2.32. The monoisotopic (exact) mass is 361 g/mol. The summed E-state index contributed by atoms with van der Waals surface area (Å²) in [5, 5.41) is 5.73. The van der Waals surface area contributed by atoms with E-state index in [2.05, 4.69) is 22.8 Å². The first-order chi connectivity index (χ1) is 13.1. The van der Waals surface area contributed by atoms with Crippen LogP contribution < -0.4 is 10.6 Å². The first-order valence-electron chi connectivity index (χ1n) is 9.32. The maximum atomic E-state index is 13.0. The SMILES string of the molecule is Cc1ccc([C@H]2NC(=O)NC3=C2C(=O)N(CCCc2ccccc2)C3)cc1. The summed E-state index contributed by atoms with van der Waals surface area (Å²) in [6.45, 7) is 3.17. The van der Waals surface area contributed by atoms with Crippen molar-refractivity contribution in [3.8, 4) is 0 Å². The predicted molar refractivity (Wildman–Crippen MR) is 104 cm³/mol. The van der Waals surface area contributed by atoms with Gasteiger partial charge < -0.3 is 15.5 Å². The minimum Gasteiger partial charge on any atom is -0.333 e. The van der Waals surface area contributed by atoms with Crippen molar-refractivity contribution in [2.75, 3.05) is 13.1 Å². The fraction of sp³-hybridized carbons (Fsp3) is 0.273. The minimum atomic E-state index is -0.388. The van der Waals surface area contributed by atoms with Gasteiger partial charge >= 0.3 is 6.03 Å². The zero-order valence-corrected chi connectivity index (χ0v) is 15.4. The van der Waals surface area contributed by atoms with Gasteiger partial charge in [-0.05, 0) is 30.9 Å². The second-order valence-electron chi connectivity index (χ2n) is 7.15. The van der Waals surface area contributed by atoms with E-state index in [-0.39, 0.29) is 18.0 Å². The zero-order valence-electron chi connectivity index (χ0n) is 15.4. The highest BCUT2D eigenvalue weighted by Gasteiger charge is 2.39. The lowest BCUT2D eigenvalue weighted by atomic mass is 9.95. The van der Waals surface area contributed by atoms with Gasteiger partial charge in [-0.3, -0.25) is 4.79 Å². The summed E-state index contributed by atoms with van der Waals surface area (Å²) < 4.78 is 0. The topological polar surface area (TPSA) is 61.4 Å². The van der Waals surface area contributed by atoms with Crippen LogP contribution in [0.5, 0.6) is 0 Å². The van der Waals surface area contributed by atoms with Gasteiger partial charge in [0.05, 0.1) is 23.9 Å². The Morgan fingerprint density at radius 2 is 1.78 bits per heavy atom. The van der Waals surface area contributed by atoms with Crippen LogP contribution in [0.2, 0.25) is 0 Å². The maximum absolute atomic E-state index is 13.0. The minimum absolute atomic E-state index is 0.0103. The number of hydrogen-bond acceptors (Lipinski definition) is 2. The average molecular weight is 361 g/mol. The summed E-state index contributed by atoms with van der Waals surface area (Å²) in [4.78, 5) is 26.9. The second-order valence-corrected chi connectivity index (χ2v) is 7.15. The lowest BCUT2D eigenvalue weighted by Crippen LogP contribution is -2.44. The molecule has 0 aromatic heterocycles. The molecule has 0 saturated heterocycles. The fourth-order valence-electron chi connectivity index (χ4n) is 3.74.